The fourth-order valence-electron chi connectivity index (χ4n) is 5.70. The van der Waals surface area contributed by atoms with E-state index in [-0.39, 0.29) is 35.9 Å². The van der Waals surface area contributed by atoms with E-state index in [1.165, 1.54) is 79.9 Å². The zero-order chi connectivity index (χ0) is 37.2. The van der Waals surface area contributed by atoms with Crippen molar-refractivity contribution in [3.05, 3.63) is 158 Å². The summed E-state index contributed by atoms with van der Waals surface area (Å²) in [6, 6.07) is 26.5. The summed E-state index contributed by atoms with van der Waals surface area (Å²) < 4.78 is 76.7. The van der Waals surface area contributed by atoms with E-state index in [2.05, 4.69) is 97.9 Å². The number of aryl methyl sites for hydroxylation is 5. The molecule has 0 saturated carbocycles. The van der Waals surface area contributed by atoms with Crippen molar-refractivity contribution in [2.75, 3.05) is 0 Å². The first-order chi connectivity index (χ1) is 23.2. The van der Waals surface area contributed by atoms with Crippen molar-refractivity contribution in [1.29, 1.82) is 0 Å². The Morgan fingerprint density at radius 1 is 0.692 bits per heavy atom. The molecule has 0 bridgehead atoms. The maximum absolute atomic E-state index is 12.7. The minimum Gasteiger partial charge on any atom is -1.00 e. The summed E-state index contributed by atoms with van der Waals surface area (Å²) in [6.45, 7) is 17.7. The summed E-state index contributed by atoms with van der Waals surface area (Å²) in [4.78, 5) is 0. The van der Waals surface area contributed by atoms with Gasteiger partial charge in [-0.25, -0.2) is 6.07 Å². The molecule has 5 aromatic carbocycles. The first-order valence-electron chi connectivity index (χ1n) is 16.5. The molecule has 0 spiro atoms. The van der Waals surface area contributed by atoms with Gasteiger partial charge in [0.2, 0.25) is 0 Å². The Morgan fingerprint density at radius 3 is 1.63 bits per heavy atom. The van der Waals surface area contributed by atoms with Crippen LogP contribution < -0.4 is 24.8 Å². The van der Waals surface area contributed by atoms with E-state index in [1.54, 1.807) is 0 Å². The van der Waals surface area contributed by atoms with Crippen molar-refractivity contribution < 1.29 is 75.4 Å². The first kappa shape index (κ1) is 45.3. The molecule has 0 heterocycles. The van der Waals surface area contributed by atoms with Gasteiger partial charge in [0.15, 0.2) is 0 Å². The number of hydrogen-bond donors (Lipinski definition) is 0. The fourth-order valence-corrected chi connectivity index (χ4v) is 6.46. The summed E-state index contributed by atoms with van der Waals surface area (Å²) in [5.41, 5.74) is 13.2. The number of alkyl halides is 6. The van der Waals surface area contributed by atoms with Gasteiger partial charge in [0.25, 0.3) is 0 Å². The van der Waals surface area contributed by atoms with Crippen molar-refractivity contribution in [2.24, 2.45) is 0 Å². The Labute approximate surface area is 331 Å². The molecule has 0 N–H and O–H groups in total. The van der Waals surface area contributed by atoms with Crippen LogP contribution in [-0.2, 0) is 54.8 Å². The van der Waals surface area contributed by atoms with Gasteiger partial charge in [-0.15, -0.1) is 11.1 Å². The maximum atomic E-state index is 12.7. The molecule has 1 aliphatic rings. The second-order valence-electron chi connectivity index (χ2n) is 13.9. The van der Waals surface area contributed by atoms with Gasteiger partial charge in [0.05, 0.1) is 0 Å². The number of benzene rings is 4. The molecule has 6 rings (SSSR count). The standard InChI is InChI=1S/C17H17.C15H8F6.C11H17.2ClH.Zr/c1-10-5-14-9-15-6-11(2)13(4)8-17(15)16(14)7-12(10)3;16-14(17,18)12-5-1-3-10(8-12)7-11-4-2-6-13(9-11)15(19,20)21;1-5-9-6-7-10(8-9)11(2,3)4;;;/h5,7-8H,9H2,1-4H3;1-6,8-9H;6-8H,5H2,1-4H3;2*1H;/q-1;;-1;;;+2/p-2. The number of halogens is 8. The minimum atomic E-state index is -4.49. The third kappa shape index (κ3) is 11.3. The van der Waals surface area contributed by atoms with Gasteiger partial charge in [-0.1, -0.05) is 71.1 Å². The average Bonchev–Trinajstić information content (AvgIpc) is 3.66. The summed E-state index contributed by atoms with van der Waals surface area (Å²) in [5, 5.41) is 0. The van der Waals surface area contributed by atoms with Crippen LogP contribution in [0.4, 0.5) is 26.3 Å². The van der Waals surface area contributed by atoms with Crippen LogP contribution >= 0.6 is 0 Å². The Kier molecular flexibility index (Phi) is 15.7. The van der Waals surface area contributed by atoms with Crippen LogP contribution in [0.1, 0.15) is 94.5 Å². The first-order valence-corrected chi connectivity index (χ1v) is 17.7. The Bertz CT molecular complexity index is 1880. The van der Waals surface area contributed by atoms with Crippen molar-refractivity contribution in [2.45, 2.75) is 86.0 Å². The third-order valence-electron chi connectivity index (χ3n) is 9.04. The Hall–Kier alpha value is -2.86. The molecule has 0 aliphatic heterocycles. The van der Waals surface area contributed by atoms with Crippen molar-refractivity contribution in [3.8, 4) is 11.1 Å². The molecule has 0 unspecified atom stereocenters. The largest absolute Gasteiger partial charge is 1.00 e. The van der Waals surface area contributed by atoms with E-state index >= 15 is 0 Å². The topological polar surface area (TPSA) is 0 Å². The van der Waals surface area contributed by atoms with E-state index in [4.69, 9.17) is 0 Å². The van der Waals surface area contributed by atoms with Gasteiger partial charge in [0, 0.05) is 0 Å². The molecule has 5 aromatic rings. The van der Waals surface area contributed by atoms with E-state index < -0.39 is 23.5 Å². The summed E-state index contributed by atoms with van der Waals surface area (Å²) in [6.07, 6.45) is -6.77. The molecule has 0 atom stereocenters. The third-order valence-corrected chi connectivity index (χ3v) is 10.5. The molecule has 0 radical (unpaired) electrons. The van der Waals surface area contributed by atoms with E-state index in [0.717, 1.165) is 61.3 Å². The summed E-state index contributed by atoms with van der Waals surface area (Å²) in [7, 11) is 0. The van der Waals surface area contributed by atoms with Gasteiger partial charge in [-0.2, -0.15) is 46.5 Å². The predicted molar refractivity (Wildman–Crippen MR) is 189 cm³/mol. The molecule has 1 aliphatic carbocycles. The quantitative estimate of drug-likeness (QED) is 0.143. The molecule has 276 valence electrons. The van der Waals surface area contributed by atoms with E-state index in [1.807, 2.05) is 0 Å². The molecular weight excluding hydrogens is 793 g/mol. The fraction of sp³-hybridized carbons (Fsp3) is 0.302. The zero-order valence-electron chi connectivity index (χ0n) is 30.5. The van der Waals surface area contributed by atoms with Crippen molar-refractivity contribution >= 4 is 3.21 Å². The normalized spacial score (nSPS) is 11.8. The van der Waals surface area contributed by atoms with Gasteiger partial charge < -0.3 is 24.8 Å². The van der Waals surface area contributed by atoms with Crippen molar-refractivity contribution in [3.63, 3.8) is 0 Å². The molecule has 9 heteroatoms. The molecule has 0 amide bonds. The summed E-state index contributed by atoms with van der Waals surface area (Å²) >= 11 is 0.729. The Morgan fingerprint density at radius 2 is 1.19 bits per heavy atom. The van der Waals surface area contributed by atoms with Gasteiger partial charge in [-0.05, 0) is 37.0 Å². The maximum Gasteiger partial charge on any atom is -1.00 e. The Balaban J connectivity index is 0.000000279. The molecule has 0 nitrogen and oxygen atoms in total. The number of fused-ring (bicyclic) bond motifs is 3. The monoisotopic (exact) mass is 832 g/mol. The number of hydrogen-bond acceptors (Lipinski definition) is 0. The second-order valence-corrected chi connectivity index (χ2v) is 15.1. The molecule has 0 saturated heterocycles. The van der Waals surface area contributed by atoms with Crippen LogP contribution in [0.25, 0.3) is 11.1 Å². The molecule has 52 heavy (non-hydrogen) atoms. The zero-order valence-corrected chi connectivity index (χ0v) is 34.5. The van der Waals surface area contributed by atoms with E-state index in [0.29, 0.717) is 8.62 Å². The van der Waals surface area contributed by atoms with Crippen LogP contribution in [0.5, 0.6) is 0 Å². The molecule has 0 aromatic heterocycles. The molecular formula is C43H42Cl2F6Zr-2. The van der Waals surface area contributed by atoms with Crippen LogP contribution in [0, 0.1) is 33.8 Å². The smallest absolute Gasteiger partial charge is 1.00 e. The second kappa shape index (κ2) is 18.0. The predicted octanol–water partition coefficient (Wildman–Crippen LogP) is 6.40. The van der Waals surface area contributed by atoms with Crippen LogP contribution in [0.3, 0.4) is 0 Å². The van der Waals surface area contributed by atoms with E-state index in [9.17, 15) is 26.3 Å². The average molecular weight is 835 g/mol. The molecule has 0 fully saturated rings. The van der Waals surface area contributed by atoms with Crippen LogP contribution in [0.2, 0.25) is 0 Å². The van der Waals surface area contributed by atoms with Crippen molar-refractivity contribution in [1.82, 2.24) is 0 Å². The van der Waals surface area contributed by atoms with Gasteiger partial charge in [-0.3, -0.25) is 0 Å². The SMILES string of the molecule is CCc1cc(C(C)(C)C)c[cH-]1.Cc1[c-]c2c(cc1C)-c1cc(C)c(C)cc1C2.FC(F)(F)c1cccc([C](=[Zr+2])c2cccc(C(F)(F)F)c2)c1.[Cl-].[Cl-]. The van der Waals surface area contributed by atoms with Gasteiger partial charge >= 0.3 is 137 Å². The van der Waals surface area contributed by atoms with Crippen LogP contribution in [0.15, 0.2) is 84.9 Å². The van der Waals surface area contributed by atoms with Crippen LogP contribution in [-0.4, -0.2) is 3.21 Å². The number of rotatable bonds is 3. The summed E-state index contributed by atoms with van der Waals surface area (Å²) in [5.74, 6) is 0. The van der Waals surface area contributed by atoms with Gasteiger partial charge in [0.1, 0.15) is 0 Å². The minimum absolute atomic E-state index is 0.